The van der Waals surface area contributed by atoms with Crippen LogP contribution in [0.1, 0.15) is 44.1 Å². The standard InChI is InChI=1S/C16H24ClN3O/c1-4-8-18-14-6-5-13(17)15(19-14)16(21)20-9-7-11(2)12(3)10-20/h5-6,11-12H,4,7-10H2,1-3H3,(H,18,19). The van der Waals surface area contributed by atoms with Crippen LogP contribution in [0, 0.1) is 11.8 Å². The van der Waals surface area contributed by atoms with E-state index in [1.165, 1.54) is 0 Å². The molecule has 2 rings (SSSR count). The highest BCUT2D eigenvalue weighted by molar-refractivity contribution is 6.33. The summed E-state index contributed by atoms with van der Waals surface area (Å²) in [6, 6.07) is 3.56. The van der Waals surface area contributed by atoms with Crippen molar-refractivity contribution in [1.82, 2.24) is 9.88 Å². The monoisotopic (exact) mass is 309 g/mol. The van der Waals surface area contributed by atoms with Crippen molar-refractivity contribution in [2.75, 3.05) is 25.0 Å². The molecule has 0 bridgehead atoms. The van der Waals surface area contributed by atoms with Gasteiger partial charge in [-0.1, -0.05) is 32.4 Å². The highest BCUT2D eigenvalue weighted by Crippen LogP contribution is 2.25. The fourth-order valence-electron chi connectivity index (χ4n) is 2.54. The summed E-state index contributed by atoms with van der Waals surface area (Å²) in [6.45, 7) is 8.93. The van der Waals surface area contributed by atoms with Gasteiger partial charge in [-0.2, -0.15) is 0 Å². The van der Waals surface area contributed by atoms with E-state index < -0.39 is 0 Å². The minimum atomic E-state index is -0.0566. The SMILES string of the molecule is CCCNc1ccc(Cl)c(C(=O)N2CCC(C)C(C)C2)n1. The topological polar surface area (TPSA) is 45.2 Å². The molecule has 21 heavy (non-hydrogen) atoms. The summed E-state index contributed by atoms with van der Waals surface area (Å²) in [5, 5.41) is 3.62. The van der Waals surface area contributed by atoms with Crippen LogP contribution in [0.25, 0.3) is 0 Å². The van der Waals surface area contributed by atoms with Gasteiger partial charge in [0.2, 0.25) is 0 Å². The van der Waals surface area contributed by atoms with Crippen LogP contribution in [-0.2, 0) is 0 Å². The summed E-state index contributed by atoms with van der Waals surface area (Å²) in [5.41, 5.74) is 0.361. The second kappa shape index (κ2) is 7.12. The number of nitrogens with zero attached hydrogens (tertiary/aromatic N) is 2. The lowest BCUT2D eigenvalue weighted by Crippen LogP contribution is -2.42. The van der Waals surface area contributed by atoms with Gasteiger partial charge in [0, 0.05) is 19.6 Å². The summed E-state index contributed by atoms with van der Waals surface area (Å²) >= 11 is 6.17. The van der Waals surface area contributed by atoms with Gasteiger partial charge in [0.05, 0.1) is 5.02 Å². The number of aromatic nitrogens is 1. The van der Waals surface area contributed by atoms with E-state index in [2.05, 4.69) is 31.1 Å². The Morgan fingerprint density at radius 2 is 2.19 bits per heavy atom. The van der Waals surface area contributed by atoms with Crippen molar-refractivity contribution in [1.29, 1.82) is 0 Å². The van der Waals surface area contributed by atoms with Gasteiger partial charge >= 0.3 is 0 Å². The van der Waals surface area contributed by atoms with Crippen molar-refractivity contribution in [3.05, 3.63) is 22.8 Å². The smallest absolute Gasteiger partial charge is 0.274 e. The number of anilines is 1. The van der Waals surface area contributed by atoms with E-state index in [-0.39, 0.29) is 5.91 Å². The first-order valence-electron chi connectivity index (χ1n) is 7.72. The van der Waals surface area contributed by atoms with E-state index in [9.17, 15) is 4.79 Å². The number of nitrogens with one attached hydrogen (secondary N) is 1. The number of rotatable bonds is 4. The maximum Gasteiger partial charge on any atom is 0.274 e. The maximum atomic E-state index is 12.7. The second-order valence-corrected chi connectivity index (χ2v) is 6.36. The van der Waals surface area contributed by atoms with Crippen molar-refractivity contribution >= 4 is 23.3 Å². The second-order valence-electron chi connectivity index (χ2n) is 5.95. The molecule has 4 nitrogen and oxygen atoms in total. The maximum absolute atomic E-state index is 12.7. The van der Waals surface area contributed by atoms with Gasteiger partial charge in [-0.05, 0) is 36.8 Å². The summed E-state index contributed by atoms with van der Waals surface area (Å²) in [4.78, 5) is 18.9. The van der Waals surface area contributed by atoms with E-state index in [1.807, 2.05) is 11.0 Å². The van der Waals surface area contributed by atoms with Crippen molar-refractivity contribution < 1.29 is 4.79 Å². The molecule has 1 amide bonds. The van der Waals surface area contributed by atoms with Crippen LogP contribution in [0.3, 0.4) is 0 Å². The quantitative estimate of drug-likeness (QED) is 0.923. The Kier molecular flexibility index (Phi) is 5.45. The zero-order valence-corrected chi connectivity index (χ0v) is 13.8. The number of piperidine rings is 1. The normalized spacial score (nSPS) is 22.2. The molecule has 1 aliphatic rings. The number of pyridine rings is 1. The van der Waals surface area contributed by atoms with Gasteiger partial charge in [-0.3, -0.25) is 4.79 Å². The summed E-state index contributed by atoms with van der Waals surface area (Å²) in [7, 11) is 0. The summed E-state index contributed by atoms with van der Waals surface area (Å²) in [6.07, 6.45) is 2.05. The molecule has 2 unspecified atom stereocenters. The van der Waals surface area contributed by atoms with Crippen molar-refractivity contribution in [2.24, 2.45) is 11.8 Å². The van der Waals surface area contributed by atoms with Crippen LogP contribution in [0.5, 0.6) is 0 Å². The minimum absolute atomic E-state index is 0.0566. The van der Waals surface area contributed by atoms with E-state index in [0.29, 0.717) is 28.4 Å². The van der Waals surface area contributed by atoms with Gasteiger partial charge in [-0.25, -0.2) is 4.98 Å². The largest absolute Gasteiger partial charge is 0.370 e. The Hall–Kier alpha value is -1.29. The van der Waals surface area contributed by atoms with Crippen molar-refractivity contribution in [3.8, 4) is 0 Å². The van der Waals surface area contributed by atoms with Crippen molar-refractivity contribution in [2.45, 2.75) is 33.6 Å². The molecule has 2 heterocycles. The lowest BCUT2D eigenvalue weighted by Gasteiger charge is -2.35. The predicted molar refractivity (Wildman–Crippen MR) is 86.9 cm³/mol. The molecular weight excluding hydrogens is 286 g/mol. The number of carbonyl (C=O) groups is 1. The molecule has 1 aromatic heterocycles. The van der Waals surface area contributed by atoms with Gasteiger partial charge in [0.25, 0.3) is 5.91 Å². The third-order valence-electron chi connectivity index (χ3n) is 4.23. The van der Waals surface area contributed by atoms with Crippen LogP contribution in [-0.4, -0.2) is 35.4 Å². The molecule has 1 aromatic rings. The lowest BCUT2D eigenvalue weighted by atomic mass is 9.88. The number of amides is 1. The first-order chi connectivity index (χ1) is 10.0. The molecule has 116 valence electrons. The Labute approximate surface area is 131 Å². The van der Waals surface area contributed by atoms with E-state index in [4.69, 9.17) is 11.6 Å². The molecule has 5 heteroatoms. The summed E-state index contributed by atoms with van der Waals surface area (Å²) in [5.74, 6) is 1.83. The van der Waals surface area contributed by atoms with Crippen LogP contribution in [0.2, 0.25) is 5.02 Å². The fraction of sp³-hybridized carbons (Fsp3) is 0.625. The van der Waals surface area contributed by atoms with Crippen LogP contribution in [0.15, 0.2) is 12.1 Å². The summed E-state index contributed by atoms with van der Waals surface area (Å²) < 4.78 is 0. The Bertz CT molecular complexity index is 506. The molecule has 0 aliphatic carbocycles. The number of hydrogen-bond acceptors (Lipinski definition) is 3. The average molecular weight is 310 g/mol. The van der Waals surface area contributed by atoms with Crippen LogP contribution in [0.4, 0.5) is 5.82 Å². The highest BCUT2D eigenvalue weighted by atomic mass is 35.5. The molecule has 1 N–H and O–H groups in total. The number of likely N-dealkylation sites (tertiary alicyclic amines) is 1. The lowest BCUT2D eigenvalue weighted by molar-refractivity contribution is 0.0622. The molecule has 0 radical (unpaired) electrons. The molecule has 0 aromatic carbocycles. The Morgan fingerprint density at radius 3 is 2.86 bits per heavy atom. The predicted octanol–water partition coefficient (Wildman–Crippen LogP) is 3.68. The Balaban J connectivity index is 2.14. The molecule has 0 saturated carbocycles. The highest BCUT2D eigenvalue weighted by Gasteiger charge is 2.28. The third kappa shape index (κ3) is 3.88. The fourth-order valence-corrected chi connectivity index (χ4v) is 2.73. The number of carbonyl (C=O) groups excluding carboxylic acids is 1. The third-order valence-corrected chi connectivity index (χ3v) is 4.53. The molecule has 1 saturated heterocycles. The Morgan fingerprint density at radius 1 is 1.43 bits per heavy atom. The van der Waals surface area contributed by atoms with Crippen LogP contribution >= 0.6 is 11.6 Å². The van der Waals surface area contributed by atoms with E-state index >= 15 is 0 Å². The minimum Gasteiger partial charge on any atom is -0.370 e. The van der Waals surface area contributed by atoms with E-state index in [1.54, 1.807) is 6.07 Å². The van der Waals surface area contributed by atoms with E-state index in [0.717, 1.165) is 32.5 Å². The zero-order valence-electron chi connectivity index (χ0n) is 13.0. The number of hydrogen-bond donors (Lipinski definition) is 1. The number of halogens is 1. The molecule has 2 atom stereocenters. The molecule has 0 spiro atoms. The molecule has 1 aliphatic heterocycles. The zero-order chi connectivity index (χ0) is 15.4. The van der Waals surface area contributed by atoms with Crippen molar-refractivity contribution in [3.63, 3.8) is 0 Å². The average Bonchev–Trinajstić information content (AvgIpc) is 2.48. The van der Waals surface area contributed by atoms with Gasteiger partial charge in [0.15, 0.2) is 0 Å². The van der Waals surface area contributed by atoms with Gasteiger partial charge in [-0.15, -0.1) is 0 Å². The first-order valence-corrected chi connectivity index (χ1v) is 8.10. The van der Waals surface area contributed by atoms with Gasteiger partial charge < -0.3 is 10.2 Å². The molecule has 1 fully saturated rings. The van der Waals surface area contributed by atoms with Crippen LogP contribution < -0.4 is 5.32 Å². The van der Waals surface area contributed by atoms with Gasteiger partial charge in [0.1, 0.15) is 11.5 Å². The molecular formula is C16H24ClN3O. The first kappa shape index (κ1) is 16.1.